The number of nitrogens with zero attached hydrogens (tertiary/aromatic N) is 1. The summed E-state index contributed by atoms with van der Waals surface area (Å²) >= 11 is 0. The molecule has 0 unspecified atom stereocenters. The quantitative estimate of drug-likeness (QED) is 0.817. The zero-order valence-electron chi connectivity index (χ0n) is 11.8. The lowest BCUT2D eigenvalue weighted by molar-refractivity contribution is -0.141. The second kappa shape index (κ2) is 4.34. The van der Waals surface area contributed by atoms with E-state index in [1.165, 1.54) is 0 Å². The van der Waals surface area contributed by atoms with E-state index < -0.39 is 5.72 Å². The molecule has 0 saturated carbocycles. The average Bonchev–Trinajstić information content (AvgIpc) is 2.89. The monoisotopic (exact) mass is 259 g/mol. The van der Waals surface area contributed by atoms with E-state index in [-0.39, 0.29) is 17.9 Å². The summed E-state index contributed by atoms with van der Waals surface area (Å²) in [6.07, 6.45) is 0.763. The van der Waals surface area contributed by atoms with E-state index in [1.54, 1.807) is 0 Å². The highest BCUT2D eigenvalue weighted by atomic mass is 16.5. The third-order valence-electron chi connectivity index (χ3n) is 4.45. The van der Waals surface area contributed by atoms with Crippen LogP contribution in [0.1, 0.15) is 32.8 Å². The second-order valence-corrected chi connectivity index (χ2v) is 6.09. The van der Waals surface area contributed by atoms with Crippen molar-refractivity contribution in [1.82, 2.24) is 4.90 Å². The van der Waals surface area contributed by atoms with Gasteiger partial charge in [0.05, 0.1) is 12.6 Å². The molecule has 0 N–H and O–H groups in total. The Balaban J connectivity index is 2.07. The molecule has 2 aliphatic heterocycles. The molecule has 3 heteroatoms. The number of hydrogen-bond donors (Lipinski definition) is 0. The van der Waals surface area contributed by atoms with Crippen LogP contribution in [-0.2, 0) is 15.3 Å². The van der Waals surface area contributed by atoms with E-state index in [0.29, 0.717) is 12.5 Å². The lowest BCUT2D eigenvalue weighted by Gasteiger charge is -2.34. The van der Waals surface area contributed by atoms with Crippen molar-refractivity contribution in [1.29, 1.82) is 0 Å². The highest BCUT2D eigenvalue weighted by Gasteiger charge is 2.58. The van der Waals surface area contributed by atoms with Crippen LogP contribution in [0.15, 0.2) is 30.3 Å². The number of fused-ring (bicyclic) bond motifs is 1. The summed E-state index contributed by atoms with van der Waals surface area (Å²) in [6.45, 7) is 6.97. The molecule has 0 spiro atoms. The van der Waals surface area contributed by atoms with Gasteiger partial charge in [-0.1, -0.05) is 51.1 Å². The summed E-state index contributed by atoms with van der Waals surface area (Å²) in [7, 11) is 0. The van der Waals surface area contributed by atoms with Crippen LogP contribution >= 0.6 is 0 Å². The summed E-state index contributed by atoms with van der Waals surface area (Å²) in [6, 6.07) is 10.4. The van der Waals surface area contributed by atoms with Crippen molar-refractivity contribution in [2.75, 3.05) is 6.61 Å². The van der Waals surface area contributed by atoms with Crippen LogP contribution < -0.4 is 0 Å². The lowest BCUT2D eigenvalue weighted by atomic mass is 9.96. The SMILES string of the molecule is CC(C)[C@H]1CO[C@]2(c3ccccc3)C[C@H](C)C(=O)N12. The largest absolute Gasteiger partial charge is 0.349 e. The average molecular weight is 259 g/mol. The molecule has 3 atom stereocenters. The molecule has 3 nitrogen and oxygen atoms in total. The van der Waals surface area contributed by atoms with E-state index in [1.807, 2.05) is 30.0 Å². The third kappa shape index (κ3) is 1.71. The van der Waals surface area contributed by atoms with Crippen LogP contribution in [0.2, 0.25) is 0 Å². The van der Waals surface area contributed by atoms with Crippen molar-refractivity contribution < 1.29 is 9.53 Å². The molecule has 19 heavy (non-hydrogen) atoms. The van der Waals surface area contributed by atoms with Gasteiger partial charge in [-0.25, -0.2) is 0 Å². The van der Waals surface area contributed by atoms with Gasteiger partial charge in [0.15, 0.2) is 5.72 Å². The van der Waals surface area contributed by atoms with Crippen LogP contribution in [0.4, 0.5) is 0 Å². The van der Waals surface area contributed by atoms with Gasteiger partial charge in [-0.2, -0.15) is 0 Å². The van der Waals surface area contributed by atoms with Gasteiger partial charge in [-0.3, -0.25) is 4.79 Å². The molecule has 3 rings (SSSR count). The standard InChI is InChI=1S/C16H21NO2/c1-11(2)14-10-19-16(13-7-5-4-6-8-13)9-12(3)15(18)17(14)16/h4-8,11-12,14H,9-10H2,1-3H3/t12-,14+,16-/m0/s1. The van der Waals surface area contributed by atoms with Crippen LogP contribution in [0.25, 0.3) is 0 Å². The molecule has 1 aromatic carbocycles. The van der Waals surface area contributed by atoms with E-state index in [9.17, 15) is 4.79 Å². The Bertz CT molecular complexity index is 485. The van der Waals surface area contributed by atoms with Crippen molar-refractivity contribution in [3.63, 3.8) is 0 Å². The molecule has 0 radical (unpaired) electrons. The van der Waals surface area contributed by atoms with Crippen molar-refractivity contribution >= 4 is 5.91 Å². The van der Waals surface area contributed by atoms with Crippen LogP contribution in [-0.4, -0.2) is 23.5 Å². The van der Waals surface area contributed by atoms with Gasteiger partial charge in [0.2, 0.25) is 5.91 Å². The van der Waals surface area contributed by atoms with Gasteiger partial charge in [0, 0.05) is 17.9 Å². The van der Waals surface area contributed by atoms with Crippen LogP contribution in [0, 0.1) is 11.8 Å². The Morgan fingerprint density at radius 1 is 1.32 bits per heavy atom. The first-order chi connectivity index (χ1) is 9.06. The van der Waals surface area contributed by atoms with E-state index >= 15 is 0 Å². The molecule has 0 aromatic heterocycles. The summed E-state index contributed by atoms with van der Waals surface area (Å²) in [5.41, 5.74) is 0.586. The molecule has 2 fully saturated rings. The molecule has 1 amide bonds. The smallest absolute Gasteiger partial charge is 0.228 e. The van der Waals surface area contributed by atoms with Crippen molar-refractivity contribution in [2.45, 2.75) is 39.0 Å². The topological polar surface area (TPSA) is 29.5 Å². The minimum atomic E-state index is -0.521. The number of carbonyl (C=O) groups is 1. The fraction of sp³-hybridized carbons (Fsp3) is 0.562. The Morgan fingerprint density at radius 3 is 2.63 bits per heavy atom. The first kappa shape index (κ1) is 12.7. The van der Waals surface area contributed by atoms with Crippen molar-refractivity contribution in [3.8, 4) is 0 Å². The molecule has 2 heterocycles. The number of hydrogen-bond acceptors (Lipinski definition) is 2. The second-order valence-electron chi connectivity index (χ2n) is 6.09. The Kier molecular flexibility index (Phi) is 2.90. The van der Waals surface area contributed by atoms with Gasteiger partial charge in [0.25, 0.3) is 0 Å². The zero-order chi connectivity index (χ0) is 13.6. The fourth-order valence-corrected chi connectivity index (χ4v) is 3.40. The van der Waals surface area contributed by atoms with Gasteiger partial charge in [0.1, 0.15) is 0 Å². The summed E-state index contributed by atoms with van der Waals surface area (Å²) < 4.78 is 6.17. The van der Waals surface area contributed by atoms with Gasteiger partial charge in [-0.05, 0) is 5.92 Å². The highest BCUT2D eigenvalue weighted by Crippen LogP contribution is 2.49. The Morgan fingerprint density at radius 2 is 2.00 bits per heavy atom. The van der Waals surface area contributed by atoms with E-state index in [4.69, 9.17) is 4.74 Å². The maximum absolute atomic E-state index is 12.5. The molecular formula is C16H21NO2. The third-order valence-corrected chi connectivity index (χ3v) is 4.45. The van der Waals surface area contributed by atoms with Gasteiger partial charge in [-0.15, -0.1) is 0 Å². The zero-order valence-corrected chi connectivity index (χ0v) is 11.8. The predicted octanol–water partition coefficient (Wildman–Crippen LogP) is 2.76. The minimum absolute atomic E-state index is 0.0433. The number of amides is 1. The number of rotatable bonds is 2. The summed E-state index contributed by atoms with van der Waals surface area (Å²) in [5, 5.41) is 0. The molecule has 0 aliphatic carbocycles. The van der Waals surface area contributed by atoms with Crippen LogP contribution in [0.3, 0.4) is 0 Å². The normalized spacial score (nSPS) is 34.1. The number of ether oxygens (including phenoxy) is 1. The molecule has 2 aliphatic rings. The molecule has 1 aromatic rings. The fourth-order valence-electron chi connectivity index (χ4n) is 3.40. The van der Waals surface area contributed by atoms with Gasteiger partial charge < -0.3 is 9.64 Å². The molecule has 0 bridgehead atoms. The number of carbonyl (C=O) groups excluding carboxylic acids is 1. The number of benzene rings is 1. The molecule has 2 saturated heterocycles. The van der Waals surface area contributed by atoms with Gasteiger partial charge >= 0.3 is 0 Å². The maximum atomic E-state index is 12.5. The van der Waals surface area contributed by atoms with E-state index in [0.717, 1.165) is 12.0 Å². The molecular weight excluding hydrogens is 238 g/mol. The highest BCUT2D eigenvalue weighted by molar-refractivity contribution is 5.82. The Hall–Kier alpha value is -1.35. The Labute approximate surface area is 114 Å². The molecule has 102 valence electrons. The van der Waals surface area contributed by atoms with Crippen LogP contribution in [0.5, 0.6) is 0 Å². The van der Waals surface area contributed by atoms with E-state index in [2.05, 4.69) is 26.0 Å². The first-order valence-corrected chi connectivity index (χ1v) is 7.09. The first-order valence-electron chi connectivity index (χ1n) is 7.09. The van der Waals surface area contributed by atoms with Crippen molar-refractivity contribution in [3.05, 3.63) is 35.9 Å². The minimum Gasteiger partial charge on any atom is -0.349 e. The summed E-state index contributed by atoms with van der Waals surface area (Å²) in [4.78, 5) is 14.5. The maximum Gasteiger partial charge on any atom is 0.228 e. The lowest BCUT2D eigenvalue weighted by Crippen LogP contribution is -2.45. The predicted molar refractivity (Wildman–Crippen MR) is 73.3 cm³/mol. The summed E-state index contributed by atoms with van der Waals surface area (Å²) in [5.74, 6) is 0.696. The van der Waals surface area contributed by atoms with Crippen molar-refractivity contribution in [2.24, 2.45) is 11.8 Å².